The number of nitrogen functional groups attached to an aromatic ring is 1. The first kappa shape index (κ1) is 11.5. The number of alkyl halides is 3. The minimum absolute atomic E-state index is 0.362. The average Bonchev–Trinajstić information content (AvgIpc) is 2.07. The molecule has 1 aromatic heterocycles. The third kappa shape index (κ3) is 3.22. The number of halogens is 5. The number of hydrogen-bond acceptors (Lipinski definition) is 3. The predicted octanol–water partition coefficient (Wildman–Crippen LogP) is 1.92. The SMILES string of the molecule is Nc1nc(NCC(F)(F)F)c(F)cc1F. The molecule has 0 amide bonds. The third-order valence-electron chi connectivity index (χ3n) is 1.41. The number of nitrogens with zero attached hydrogens (tertiary/aromatic N) is 1. The molecule has 84 valence electrons. The van der Waals surface area contributed by atoms with Crippen LogP contribution in [0.5, 0.6) is 0 Å². The second-order valence-electron chi connectivity index (χ2n) is 2.65. The number of nitrogens with one attached hydrogen (secondary N) is 1. The van der Waals surface area contributed by atoms with Gasteiger partial charge in [-0.3, -0.25) is 0 Å². The van der Waals surface area contributed by atoms with Gasteiger partial charge in [0, 0.05) is 6.07 Å². The van der Waals surface area contributed by atoms with Crippen LogP contribution < -0.4 is 11.1 Å². The summed E-state index contributed by atoms with van der Waals surface area (Å²) >= 11 is 0. The number of pyridine rings is 1. The Morgan fingerprint density at radius 3 is 2.40 bits per heavy atom. The van der Waals surface area contributed by atoms with Crippen LogP contribution in [0.2, 0.25) is 0 Å². The van der Waals surface area contributed by atoms with E-state index in [0.29, 0.717) is 6.07 Å². The van der Waals surface area contributed by atoms with Crippen molar-refractivity contribution in [2.45, 2.75) is 6.18 Å². The lowest BCUT2D eigenvalue weighted by Gasteiger charge is -2.09. The highest BCUT2D eigenvalue weighted by atomic mass is 19.4. The summed E-state index contributed by atoms with van der Waals surface area (Å²) in [5, 5.41) is 1.66. The van der Waals surface area contributed by atoms with E-state index in [0.717, 1.165) is 0 Å². The number of nitrogens with two attached hydrogens (primary N) is 1. The van der Waals surface area contributed by atoms with Crippen molar-refractivity contribution in [3.63, 3.8) is 0 Å². The molecule has 0 aliphatic heterocycles. The zero-order chi connectivity index (χ0) is 11.6. The summed E-state index contributed by atoms with van der Waals surface area (Å²) < 4.78 is 60.6. The van der Waals surface area contributed by atoms with Gasteiger partial charge in [-0.15, -0.1) is 0 Å². The van der Waals surface area contributed by atoms with Crippen LogP contribution >= 0.6 is 0 Å². The molecular formula is C7H6F5N3. The fourth-order valence-corrected chi connectivity index (χ4v) is 0.789. The lowest BCUT2D eigenvalue weighted by molar-refractivity contribution is -0.115. The maximum atomic E-state index is 12.8. The molecule has 15 heavy (non-hydrogen) atoms. The lowest BCUT2D eigenvalue weighted by atomic mass is 10.4. The molecule has 1 aromatic rings. The van der Waals surface area contributed by atoms with Gasteiger partial charge in [-0.2, -0.15) is 13.2 Å². The summed E-state index contributed by atoms with van der Waals surface area (Å²) in [4.78, 5) is 3.09. The molecule has 0 saturated carbocycles. The van der Waals surface area contributed by atoms with Gasteiger partial charge < -0.3 is 11.1 Å². The highest BCUT2D eigenvalue weighted by Gasteiger charge is 2.27. The largest absolute Gasteiger partial charge is 0.405 e. The van der Waals surface area contributed by atoms with Gasteiger partial charge in [-0.1, -0.05) is 0 Å². The van der Waals surface area contributed by atoms with Crippen molar-refractivity contribution in [3.05, 3.63) is 17.7 Å². The van der Waals surface area contributed by atoms with Crippen LogP contribution in [0.15, 0.2) is 6.07 Å². The Kier molecular flexibility index (Phi) is 2.96. The van der Waals surface area contributed by atoms with Crippen molar-refractivity contribution >= 4 is 11.6 Å². The first-order chi connectivity index (χ1) is 6.79. The van der Waals surface area contributed by atoms with Crippen LogP contribution in [0.25, 0.3) is 0 Å². The predicted molar refractivity (Wildman–Crippen MR) is 43.1 cm³/mol. The van der Waals surface area contributed by atoms with Crippen LogP contribution in [0, 0.1) is 11.6 Å². The van der Waals surface area contributed by atoms with Gasteiger partial charge in [0.25, 0.3) is 0 Å². The van der Waals surface area contributed by atoms with E-state index < -0.39 is 36.0 Å². The highest BCUT2D eigenvalue weighted by molar-refractivity contribution is 5.44. The van der Waals surface area contributed by atoms with Crippen LogP contribution in [0.1, 0.15) is 0 Å². The van der Waals surface area contributed by atoms with E-state index in [9.17, 15) is 22.0 Å². The number of rotatable bonds is 2. The maximum Gasteiger partial charge on any atom is 0.405 e. The quantitative estimate of drug-likeness (QED) is 0.759. The first-order valence-corrected chi connectivity index (χ1v) is 3.72. The van der Waals surface area contributed by atoms with Crippen LogP contribution in [-0.2, 0) is 0 Å². The molecule has 0 saturated heterocycles. The summed E-state index contributed by atoms with van der Waals surface area (Å²) in [6.45, 7) is -1.47. The molecule has 0 spiro atoms. The molecule has 0 bridgehead atoms. The lowest BCUT2D eigenvalue weighted by Crippen LogP contribution is -2.22. The van der Waals surface area contributed by atoms with Crippen LogP contribution in [-0.4, -0.2) is 17.7 Å². The van der Waals surface area contributed by atoms with Crippen molar-refractivity contribution in [3.8, 4) is 0 Å². The molecule has 3 nitrogen and oxygen atoms in total. The minimum atomic E-state index is -4.52. The Morgan fingerprint density at radius 2 is 1.87 bits per heavy atom. The summed E-state index contributed by atoms with van der Waals surface area (Å²) in [6, 6.07) is 0.362. The fraction of sp³-hybridized carbons (Fsp3) is 0.286. The molecule has 0 atom stereocenters. The fourth-order valence-electron chi connectivity index (χ4n) is 0.789. The smallest absolute Gasteiger partial charge is 0.381 e. The molecule has 0 fully saturated rings. The van der Waals surface area contributed by atoms with Gasteiger partial charge in [0.2, 0.25) is 0 Å². The van der Waals surface area contributed by atoms with Crippen molar-refractivity contribution in [2.24, 2.45) is 0 Å². The molecular weight excluding hydrogens is 221 g/mol. The maximum absolute atomic E-state index is 12.8. The second-order valence-corrected chi connectivity index (χ2v) is 2.65. The highest BCUT2D eigenvalue weighted by Crippen LogP contribution is 2.19. The average molecular weight is 227 g/mol. The van der Waals surface area contributed by atoms with Crippen LogP contribution in [0.3, 0.4) is 0 Å². The van der Waals surface area contributed by atoms with Gasteiger partial charge in [0.15, 0.2) is 23.3 Å². The number of aromatic nitrogens is 1. The Morgan fingerprint density at radius 1 is 1.27 bits per heavy atom. The topological polar surface area (TPSA) is 50.9 Å². The first-order valence-electron chi connectivity index (χ1n) is 3.72. The van der Waals surface area contributed by atoms with Gasteiger partial charge in [-0.25, -0.2) is 13.8 Å². The van der Waals surface area contributed by atoms with Crippen molar-refractivity contribution in [1.29, 1.82) is 0 Å². The van der Waals surface area contributed by atoms with E-state index in [1.165, 1.54) is 0 Å². The van der Waals surface area contributed by atoms with Crippen molar-refractivity contribution in [1.82, 2.24) is 4.98 Å². The molecule has 0 aliphatic rings. The molecule has 0 unspecified atom stereocenters. The summed E-state index contributed by atoms with van der Waals surface area (Å²) in [5.41, 5.74) is 4.95. The molecule has 0 aromatic carbocycles. The summed E-state index contributed by atoms with van der Waals surface area (Å²) in [5.74, 6) is -3.75. The number of hydrogen-bond donors (Lipinski definition) is 2. The Bertz CT molecular complexity index is 362. The Balaban J connectivity index is 2.82. The second kappa shape index (κ2) is 3.87. The molecule has 8 heteroatoms. The van der Waals surface area contributed by atoms with E-state index in [1.54, 1.807) is 5.32 Å². The number of anilines is 2. The third-order valence-corrected chi connectivity index (χ3v) is 1.41. The van der Waals surface area contributed by atoms with Gasteiger partial charge in [0.05, 0.1) is 0 Å². The Hall–Kier alpha value is -1.60. The van der Waals surface area contributed by atoms with E-state index in [1.807, 2.05) is 0 Å². The van der Waals surface area contributed by atoms with E-state index in [-0.39, 0.29) is 0 Å². The molecule has 1 rings (SSSR count). The van der Waals surface area contributed by atoms with Gasteiger partial charge in [-0.05, 0) is 0 Å². The zero-order valence-corrected chi connectivity index (χ0v) is 7.20. The van der Waals surface area contributed by atoms with E-state index >= 15 is 0 Å². The van der Waals surface area contributed by atoms with Gasteiger partial charge >= 0.3 is 6.18 Å². The standard InChI is InChI=1S/C7H6F5N3/c8-3-1-4(9)6(15-5(3)13)14-2-7(10,11)12/h1H,2H2,(H3,13,14,15). The monoisotopic (exact) mass is 227 g/mol. The molecule has 0 radical (unpaired) electrons. The minimum Gasteiger partial charge on any atom is -0.381 e. The van der Waals surface area contributed by atoms with Crippen molar-refractivity contribution in [2.75, 3.05) is 17.6 Å². The molecule has 1 heterocycles. The normalized spacial score (nSPS) is 11.5. The molecule has 0 aliphatic carbocycles. The van der Waals surface area contributed by atoms with E-state index in [4.69, 9.17) is 5.73 Å². The summed E-state index contributed by atoms with van der Waals surface area (Å²) in [7, 11) is 0. The Labute approximate surface area is 81.1 Å². The van der Waals surface area contributed by atoms with Crippen molar-refractivity contribution < 1.29 is 22.0 Å². The van der Waals surface area contributed by atoms with Gasteiger partial charge in [0.1, 0.15) is 6.54 Å². The van der Waals surface area contributed by atoms with Crippen LogP contribution in [0.4, 0.5) is 33.6 Å². The zero-order valence-electron chi connectivity index (χ0n) is 7.20. The molecule has 3 N–H and O–H groups in total. The summed E-state index contributed by atoms with van der Waals surface area (Å²) in [6.07, 6.45) is -4.52. The van der Waals surface area contributed by atoms with E-state index in [2.05, 4.69) is 4.98 Å².